The van der Waals surface area contributed by atoms with E-state index in [2.05, 4.69) is 4.98 Å². The van der Waals surface area contributed by atoms with Crippen LogP contribution >= 0.6 is 0 Å². The van der Waals surface area contributed by atoms with Gasteiger partial charge in [0, 0.05) is 55.3 Å². The molecule has 1 aliphatic heterocycles. The number of aromatic nitrogens is 2. The second-order valence-electron chi connectivity index (χ2n) is 9.10. The summed E-state index contributed by atoms with van der Waals surface area (Å²) in [5, 5.41) is 0. The Balaban J connectivity index is 1.43. The highest BCUT2D eigenvalue weighted by Crippen LogP contribution is 2.45. The smallest absolute Gasteiger partial charge is 0.254 e. The highest BCUT2D eigenvalue weighted by Gasteiger charge is 2.46. The van der Waals surface area contributed by atoms with Gasteiger partial charge in [0.1, 0.15) is 5.82 Å². The van der Waals surface area contributed by atoms with Gasteiger partial charge in [0.05, 0.1) is 5.69 Å². The first-order valence-corrected chi connectivity index (χ1v) is 10.7. The van der Waals surface area contributed by atoms with Crippen molar-refractivity contribution in [3.63, 3.8) is 0 Å². The van der Waals surface area contributed by atoms with Crippen molar-refractivity contribution < 1.29 is 4.79 Å². The first kappa shape index (κ1) is 18.4. The number of carbonyl (C=O) groups is 1. The fourth-order valence-electron chi connectivity index (χ4n) is 5.01. The third-order valence-corrected chi connectivity index (χ3v) is 6.85. The van der Waals surface area contributed by atoms with Crippen LogP contribution in [-0.4, -0.2) is 48.0 Å². The first-order valence-electron chi connectivity index (χ1n) is 10.7. The van der Waals surface area contributed by atoms with Crippen molar-refractivity contribution in [3.8, 4) is 0 Å². The topological polar surface area (TPSA) is 69.3 Å². The summed E-state index contributed by atoms with van der Waals surface area (Å²) in [6, 6.07) is 7.80. The van der Waals surface area contributed by atoms with Crippen molar-refractivity contribution in [2.45, 2.75) is 49.9 Å². The van der Waals surface area contributed by atoms with Gasteiger partial charge in [-0.3, -0.25) is 9.59 Å². The molecule has 0 radical (unpaired) electrons. The van der Waals surface area contributed by atoms with E-state index >= 15 is 0 Å². The Kier molecular flexibility index (Phi) is 4.26. The molecule has 1 atom stereocenters. The molecule has 5 rings (SSSR count). The molecule has 2 aliphatic carbocycles. The van der Waals surface area contributed by atoms with E-state index < -0.39 is 0 Å². The zero-order chi connectivity index (χ0) is 20.2. The second-order valence-corrected chi connectivity index (χ2v) is 9.10. The zero-order valence-corrected chi connectivity index (χ0v) is 17.2. The minimum atomic E-state index is -0.162. The lowest BCUT2D eigenvalue weighted by molar-refractivity contribution is 0.0633. The maximum atomic E-state index is 13.2. The third kappa shape index (κ3) is 3.15. The molecule has 29 heavy (non-hydrogen) atoms. The summed E-state index contributed by atoms with van der Waals surface area (Å²) in [6.07, 6.45) is 5.86. The molecule has 152 valence electrons. The van der Waals surface area contributed by atoms with Crippen molar-refractivity contribution >= 4 is 11.6 Å². The Bertz CT molecular complexity index is 1010. The van der Waals surface area contributed by atoms with Crippen molar-refractivity contribution in [2.24, 2.45) is 0 Å². The number of benzene rings is 1. The van der Waals surface area contributed by atoms with E-state index in [4.69, 9.17) is 4.98 Å². The van der Waals surface area contributed by atoms with Gasteiger partial charge in [0.15, 0.2) is 0 Å². The van der Waals surface area contributed by atoms with Gasteiger partial charge in [-0.15, -0.1) is 0 Å². The molecule has 6 nitrogen and oxygen atoms in total. The fraction of sp³-hybridized carbons (Fsp3) is 0.522. The van der Waals surface area contributed by atoms with Crippen LogP contribution in [0.3, 0.4) is 0 Å². The minimum absolute atomic E-state index is 0.0384. The lowest BCUT2D eigenvalue weighted by atomic mass is 9.77. The quantitative estimate of drug-likeness (QED) is 0.872. The number of nitrogens with zero attached hydrogens (tertiary/aromatic N) is 3. The molecule has 1 saturated heterocycles. The predicted octanol–water partition coefficient (Wildman–Crippen LogP) is 2.83. The molecule has 1 spiro atoms. The maximum absolute atomic E-state index is 13.2. The number of likely N-dealkylation sites (tertiary alicyclic amines) is 1. The standard InChI is InChI=1S/C23H28N4O2/c1-26(2)17-8-6-16(7-9-17)22(29)27-13-3-11-23(14-27)12-10-18-19(23)24-20(15-4-5-15)25-21(18)28/h6-9,15H,3-5,10-14H2,1-2H3,(H,24,25,28). The van der Waals surface area contributed by atoms with Gasteiger partial charge in [-0.2, -0.15) is 0 Å². The minimum Gasteiger partial charge on any atom is -0.378 e. The fourth-order valence-corrected chi connectivity index (χ4v) is 5.01. The number of nitrogens with one attached hydrogen (secondary N) is 1. The van der Waals surface area contributed by atoms with E-state index in [0.29, 0.717) is 12.5 Å². The van der Waals surface area contributed by atoms with Gasteiger partial charge in [-0.1, -0.05) is 0 Å². The lowest BCUT2D eigenvalue weighted by Gasteiger charge is -2.40. The lowest BCUT2D eigenvalue weighted by Crippen LogP contribution is -2.48. The van der Waals surface area contributed by atoms with Crippen LogP contribution in [-0.2, 0) is 11.8 Å². The van der Waals surface area contributed by atoms with Crippen molar-refractivity contribution in [1.29, 1.82) is 0 Å². The highest BCUT2D eigenvalue weighted by atomic mass is 16.2. The number of aromatic amines is 1. The molecular weight excluding hydrogens is 364 g/mol. The summed E-state index contributed by atoms with van der Waals surface area (Å²) in [7, 11) is 3.99. The number of fused-ring (bicyclic) bond motifs is 2. The summed E-state index contributed by atoms with van der Waals surface area (Å²) in [5.41, 5.74) is 3.50. The largest absolute Gasteiger partial charge is 0.378 e. The van der Waals surface area contributed by atoms with Crippen LogP contribution in [0.2, 0.25) is 0 Å². The zero-order valence-electron chi connectivity index (χ0n) is 17.2. The molecule has 6 heteroatoms. The number of H-pyrrole nitrogens is 1. The summed E-state index contributed by atoms with van der Waals surface area (Å²) in [4.78, 5) is 37.8. The molecule has 1 aromatic carbocycles. The number of amides is 1. The van der Waals surface area contributed by atoms with Crippen LogP contribution in [0.25, 0.3) is 0 Å². The van der Waals surface area contributed by atoms with Crippen LogP contribution in [0.1, 0.15) is 65.5 Å². The van der Waals surface area contributed by atoms with Crippen LogP contribution in [0.15, 0.2) is 29.1 Å². The number of rotatable bonds is 3. The second kappa shape index (κ2) is 6.71. The van der Waals surface area contributed by atoms with E-state index in [1.165, 1.54) is 0 Å². The molecule has 2 heterocycles. The Labute approximate surface area is 170 Å². The molecule has 2 fully saturated rings. The first-order chi connectivity index (χ1) is 14.0. The van der Waals surface area contributed by atoms with Crippen LogP contribution in [0, 0.1) is 0 Å². The Morgan fingerprint density at radius 3 is 2.66 bits per heavy atom. The maximum Gasteiger partial charge on any atom is 0.254 e. The number of anilines is 1. The monoisotopic (exact) mass is 392 g/mol. The van der Waals surface area contributed by atoms with Gasteiger partial charge in [-0.25, -0.2) is 4.98 Å². The van der Waals surface area contributed by atoms with E-state index in [9.17, 15) is 9.59 Å². The molecule has 1 N–H and O–H groups in total. The van der Waals surface area contributed by atoms with Crippen LogP contribution in [0.4, 0.5) is 5.69 Å². The predicted molar refractivity (Wildman–Crippen MR) is 113 cm³/mol. The summed E-state index contributed by atoms with van der Waals surface area (Å²) >= 11 is 0. The molecule has 3 aliphatic rings. The summed E-state index contributed by atoms with van der Waals surface area (Å²) in [5.74, 6) is 1.36. The number of hydrogen-bond donors (Lipinski definition) is 1. The molecule has 2 aromatic rings. The molecular formula is C23H28N4O2. The number of carbonyl (C=O) groups excluding carboxylic acids is 1. The van der Waals surface area contributed by atoms with Crippen molar-refractivity contribution in [1.82, 2.24) is 14.9 Å². The van der Waals surface area contributed by atoms with Crippen LogP contribution < -0.4 is 10.5 Å². The van der Waals surface area contributed by atoms with E-state index in [0.717, 1.165) is 73.4 Å². The molecule has 1 unspecified atom stereocenters. The van der Waals surface area contributed by atoms with E-state index in [1.807, 2.05) is 48.2 Å². The van der Waals surface area contributed by atoms with Crippen LogP contribution in [0.5, 0.6) is 0 Å². The summed E-state index contributed by atoms with van der Waals surface area (Å²) in [6.45, 7) is 1.43. The Morgan fingerprint density at radius 2 is 1.97 bits per heavy atom. The highest BCUT2D eigenvalue weighted by molar-refractivity contribution is 5.94. The Morgan fingerprint density at radius 1 is 1.21 bits per heavy atom. The normalized spacial score (nSPS) is 23.3. The third-order valence-electron chi connectivity index (χ3n) is 6.85. The van der Waals surface area contributed by atoms with E-state index in [1.54, 1.807) is 0 Å². The average Bonchev–Trinajstić information content (AvgIpc) is 3.52. The van der Waals surface area contributed by atoms with Gasteiger partial charge < -0.3 is 14.8 Å². The van der Waals surface area contributed by atoms with Gasteiger partial charge in [0.25, 0.3) is 11.5 Å². The van der Waals surface area contributed by atoms with Gasteiger partial charge in [-0.05, 0) is 62.8 Å². The molecule has 1 saturated carbocycles. The average molecular weight is 393 g/mol. The summed E-state index contributed by atoms with van der Waals surface area (Å²) < 4.78 is 0. The van der Waals surface area contributed by atoms with Crippen molar-refractivity contribution in [3.05, 3.63) is 57.3 Å². The molecule has 1 aromatic heterocycles. The number of piperidine rings is 1. The Hall–Kier alpha value is -2.63. The molecule has 0 bridgehead atoms. The van der Waals surface area contributed by atoms with Crippen molar-refractivity contribution in [2.75, 3.05) is 32.1 Å². The van der Waals surface area contributed by atoms with E-state index in [-0.39, 0.29) is 16.9 Å². The van der Waals surface area contributed by atoms with Gasteiger partial charge in [0.2, 0.25) is 0 Å². The SMILES string of the molecule is CN(C)c1ccc(C(=O)N2CCCC3(CCc4c3nc(C3CC3)[nH]c4=O)C2)cc1. The molecule has 1 amide bonds. The number of hydrogen-bond acceptors (Lipinski definition) is 4. The van der Waals surface area contributed by atoms with Gasteiger partial charge >= 0.3 is 0 Å².